The van der Waals surface area contributed by atoms with Gasteiger partial charge in [0, 0.05) is 40.1 Å². The van der Waals surface area contributed by atoms with Crippen LogP contribution in [0.15, 0.2) is 41.2 Å². The van der Waals surface area contributed by atoms with Crippen molar-refractivity contribution in [3.8, 4) is 62.6 Å². The average molecular weight is 657 g/mol. The molecule has 1 N–H and O–H groups in total. The van der Waals surface area contributed by atoms with Gasteiger partial charge in [-0.1, -0.05) is 6.07 Å². The predicted octanol–water partition coefficient (Wildman–Crippen LogP) is 7.77. The number of benzene rings is 3. The number of H-pyrrole nitrogens is 1. The lowest BCUT2D eigenvalue weighted by Crippen LogP contribution is -2.18. The zero-order chi connectivity index (χ0) is 34.4. The molecule has 1 aliphatic heterocycles. The van der Waals surface area contributed by atoms with Gasteiger partial charge in [0.05, 0.1) is 58.0 Å². The topological polar surface area (TPSA) is 102 Å². The molecule has 10 nitrogen and oxygen atoms in total. The molecule has 254 valence electrons. The van der Waals surface area contributed by atoms with E-state index in [0.717, 1.165) is 38.7 Å². The van der Waals surface area contributed by atoms with E-state index < -0.39 is 0 Å². The Bertz CT molecular complexity index is 2070. The lowest BCUT2D eigenvalue weighted by molar-refractivity contribution is 0.223. The molecule has 0 saturated heterocycles. The fraction of sp³-hybridized carbons (Fsp3) is 0.395. The molecule has 0 unspecified atom stereocenters. The van der Waals surface area contributed by atoms with Gasteiger partial charge in [0.1, 0.15) is 5.52 Å². The lowest BCUT2D eigenvalue weighted by Gasteiger charge is -2.27. The summed E-state index contributed by atoms with van der Waals surface area (Å²) in [5.41, 5.74) is 5.43. The number of hydrogen-bond donors (Lipinski definition) is 1. The molecule has 0 bridgehead atoms. The van der Waals surface area contributed by atoms with E-state index in [2.05, 4.69) is 9.55 Å². The molecule has 0 fully saturated rings. The van der Waals surface area contributed by atoms with Gasteiger partial charge in [-0.15, -0.1) is 0 Å². The first-order valence-electron chi connectivity index (χ1n) is 16.3. The van der Waals surface area contributed by atoms with Crippen LogP contribution in [-0.4, -0.2) is 56.3 Å². The maximum absolute atomic E-state index is 14.2. The average Bonchev–Trinajstić information content (AvgIpc) is 3.40. The molecule has 1 aliphatic rings. The normalized spacial score (nSPS) is 12.4. The molecular weight excluding hydrogens is 612 g/mol. The Hall–Kier alpha value is -4.99. The molecule has 0 amide bonds. The first-order chi connectivity index (χ1) is 23.0. The maximum atomic E-state index is 14.2. The zero-order valence-electron chi connectivity index (χ0n) is 29.3. The van der Waals surface area contributed by atoms with Crippen molar-refractivity contribution in [2.75, 3.05) is 28.4 Å². The van der Waals surface area contributed by atoms with Crippen molar-refractivity contribution in [2.24, 2.45) is 0 Å². The van der Waals surface area contributed by atoms with Crippen LogP contribution in [0, 0.1) is 0 Å². The standard InChI is InChI=1S/C38H44N2O8/c1-19(2)46-27-12-11-22(15-28(27)42-7)32-33-25-17-29(43-8)30(47-20(3)4)18-26(25)39-38(41)35(33)40-14-13-23-24(34(32)40)16-31(44-9)37(45-10)36(23)48-21(5)6/h11-12,15-21H,13-14H2,1-10H3,(H,39,41). The van der Waals surface area contributed by atoms with Crippen LogP contribution in [0.25, 0.3) is 44.2 Å². The van der Waals surface area contributed by atoms with Gasteiger partial charge < -0.3 is 42.7 Å². The van der Waals surface area contributed by atoms with Gasteiger partial charge in [-0.25, -0.2) is 0 Å². The second kappa shape index (κ2) is 12.9. The molecule has 3 heterocycles. The van der Waals surface area contributed by atoms with Gasteiger partial charge >= 0.3 is 0 Å². The van der Waals surface area contributed by atoms with Gasteiger partial charge in [0.2, 0.25) is 5.75 Å². The van der Waals surface area contributed by atoms with Gasteiger partial charge in [-0.3, -0.25) is 4.79 Å². The van der Waals surface area contributed by atoms with Crippen molar-refractivity contribution >= 4 is 21.8 Å². The SMILES string of the molecule is COc1cc(-c2c3n(c4c(=O)[nH]c5cc(OC(C)C)c(OC)cc5c24)CCc2c-3cc(OC)c(OC)c2OC(C)C)ccc1OC(C)C. The number of aryl methyl sites for hydroxylation is 1. The number of ether oxygens (including phenoxy) is 7. The molecule has 2 aromatic heterocycles. The summed E-state index contributed by atoms with van der Waals surface area (Å²) in [7, 11) is 6.48. The highest BCUT2D eigenvalue weighted by Crippen LogP contribution is 2.53. The Morgan fingerprint density at radius 1 is 0.688 bits per heavy atom. The number of aromatic amines is 1. The van der Waals surface area contributed by atoms with Crippen molar-refractivity contribution in [3.05, 3.63) is 52.3 Å². The largest absolute Gasteiger partial charge is 0.493 e. The molecule has 0 aliphatic carbocycles. The number of methoxy groups -OCH3 is 4. The van der Waals surface area contributed by atoms with Crippen LogP contribution in [-0.2, 0) is 13.0 Å². The summed E-state index contributed by atoms with van der Waals surface area (Å²) in [6, 6.07) is 11.7. The highest BCUT2D eigenvalue weighted by molar-refractivity contribution is 6.17. The summed E-state index contributed by atoms with van der Waals surface area (Å²) in [4.78, 5) is 17.3. The van der Waals surface area contributed by atoms with Crippen molar-refractivity contribution in [2.45, 2.75) is 72.8 Å². The van der Waals surface area contributed by atoms with E-state index in [9.17, 15) is 4.79 Å². The van der Waals surface area contributed by atoms with E-state index >= 15 is 0 Å². The minimum absolute atomic E-state index is 0.0428. The molecule has 10 heteroatoms. The van der Waals surface area contributed by atoms with Crippen LogP contribution < -0.4 is 38.7 Å². The molecule has 0 radical (unpaired) electrons. The third kappa shape index (κ3) is 5.52. The van der Waals surface area contributed by atoms with Crippen molar-refractivity contribution in [3.63, 3.8) is 0 Å². The number of rotatable bonds is 11. The minimum Gasteiger partial charge on any atom is -0.493 e. The molecule has 0 saturated carbocycles. The summed E-state index contributed by atoms with van der Waals surface area (Å²) >= 11 is 0. The van der Waals surface area contributed by atoms with Crippen molar-refractivity contribution in [1.29, 1.82) is 0 Å². The third-order valence-corrected chi connectivity index (χ3v) is 8.40. The minimum atomic E-state index is -0.208. The van der Waals surface area contributed by atoms with E-state index in [-0.39, 0.29) is 23.9 Å². The summed E-state index contributed by atoms with van der Waals surface area (Å²) in [6.45, 7) is 12.4. The molecule has 3 aromatic carbocycles. The van der Waals surface area contributed by atoms with Crippen molar-refractivity contribution < 1.29 is 33.2 Å². The van der Waals surface area contributed by atoms with Gasteiger partial charge in [0.25, 0.3) is 5.56 Å². The quantitative estimate of drug-likeness (QED) is 0.154. The number of hydrogen-bond acceptors (Lipinski definition) is 8. The van der Waals surface area contributed by atoms with Crippen LogP contribution in [0.1, 0.15) is 47.1 Å². The number of fused-ring (bicyclic) bond motifs is 7. The second-order valence-corrected chi connectivity index (χ2v) is 12.7. The monoisotopic (exact) mass is 656 g/mol. The molecule has 48 heavy (non-hydrogen) atoms. The van der Waals surface area contributed by atoms with E-state index in [0.29, 0.717) is 64.2 Å². The lowest BCUT2D eigenvalue weighted by atomic mass is 9.90. The fourth-order valence-corrected chi connectivity index (χ4v) is 6.68. The Morgan fingerprint density at radius 3 is 1.96 bits per heavy atom. The Morgan fingerprint density at radius 2 is 1.33 bits per heavy atom. The van der Waals surface area contributed by atoms with E-state index in [1.165, 1.54) is 0 Å². The number of nitrogens with one attached hydrogen (secondary N) is 1. The molecule has 0 spiro atoms. The first-order valence-corrected chi connectivity index (χ1v) is 16.3. The second-order valence-electron chi connectivity index (χ2n) is 12.7. The van der Waals surface area contributed by atoms with Crippen LogP contribution in [0.4, 0.5) is 0 Å². The summed E-state index contributed by atoms with van der Waals surface area (Å²) in [6.07, 6.45) is 0.370. The van der Waals surface area contributed by atoms with Crippen LogP contribution in [0.2, 0.25) is 0 Å². The predicted molar refractivity (Wildman–Crippen MR) is 188 cm³/mol. The summed E-state index contributed by atoms with van der Waals surface area (Å²) in [5, 5.41) is 1.60. The van der Waals surface area contributed by atoms with Crippen LogP contribution in [0.3, 0.4) is 0 Å². The molecule has 6 rings (SSSR count). The number of nitrogens with zero attached hydrogens (tertiary/aromatic N) is 1. The molecular formula is C38H44N2O8. The number of pyridine rings is 1. The van der Waals surface area contributed by atoms with Gasteiger partial charge in [-0.05, 0) is 77.8 Å². The Kier molecular flexibility index (Phi) is 8.85. The van der Waals surface area contributed by atoms with Crippen LogP contribution in [0.5, 0.6) is 40.2 Å². The number of aromatic nitrogens is 2. The third-order valence-electron chi connectivity index (χ3n) is 8.40. The first kappa shape index (κ1) is 32.9. The smallest absolute Gasteiger partial charge is 0.272 e. The van der Waals surface area contributed by atoms with E-state index in [1.807, 2.05) is 77.9 Å². The van der Waals surface area contributed by atoms with Gasteiger partial charge in [0.15, 0.2) is 34.5 Å². The molecule has 0 atom stereocenters. The van der Waals surface area contributed by atoms with E-state index in [4.69, 9.17) is 33.2 Å². The highest BCUT2D eigenvalue weighted by atomic mass is 16.5. The zero-order valence-corrected chi connectivity index (χ0v) is 29.3. The van der Waals surface area contributed by atoms with Crippen molar-refractivity contribution in [1.82, 2.24) is 9.55 Å². The Balaban J connectivity index is 1.79. The Labute approximate surface area is 280 Å². The maximum Gasteiger partial charge on any atom is 0.272 e. The van der Waals surface area contributed by atoms with Gasteiger partial charge in [-0.2, -0.15) is 0 Å². The highest BCUT2D eigenvalue weighted by Gasteiger charge is 2.33. The summed E-state index contributed by atoms with van der Waals surface area (Å²) < 4.78 is 44.1. The fourth-order valence-electron chi connectivity index (χ4n) is 6.68. The molecule has 5 aromatic rings. The van der Waals surface area contributed by atoms with E-state index in [1.54, 1.807) is 28.4 Å². The van der Waals surface area contributed by atoms with Crippen LogP contribution >= 0.6 is 0 Å². The summed E-state index contributed by atoms with van der Waals surface area (Å²) in [5.74, 6) is 4.05.